The van der Waals surface area contributed by atoms with Crippen molar-refractivity contribution in [3.8, 4) is 0 Å². The number of nitrogens with zero attached hydrogens (tertiary/aromatic N) is 3. The molecule has 0 saturated carbocycles. The number of carbonyl (C=O) groups excluding carboxylic acids is 1. The molecule has 4 nitrogen and oxygen atoms in total. The number of likely N-dealkylation sites (tertiary alicyclic amines) is 1. The lowest BCUT2D eigenvalue weighted by Gasteiger charge is -2.30. The molecule has 1 aliphatic heterocycles. The minimum atomic E-state index is 0.0815. The van der Waals surface area contributed by atoms with Gasteiger partial charge in [-0.2, -0.15) is 0 Å². The van der Waals surface area contributed by atoms with Gasteiger partial charge in [-0.3, -0.25) is 4.79 Å². The van der Waals surface area contributed by atoms with Crippen molar-refractivity contribution in [1.29, 1.82) is 0 Å². The second-order valence-electron chi connectivity index (χ2n) is 3.67. The van der Waals surface area contributed by atoms with E-state index in [0.29, 0.717) is 10.8 Å². The summed E-state index contributed by atoms with van der Waals surface area (Å²) in [5.41, 5.74) is 0. The Morgan fingerprint density at radius 2 is 2.33 bits per heavy atom. The van der Waals surface area contributed by atoms with E-state index in [1.54, 1.807) is 6.20 Å². The summed E-state index contributed by atoms with van der Waals surface area (Å²) in [6, 6.07) is 0. The van der Waals surface area contributed by atoms with Gasteiger partial charge in [0.15, 0.2) is 0 Å². The molecule has 1 saturated heterocycles. The van der Waals surface area contributed by atoms with E-state index in [0.717, 1.165) is 31.3 Å². The van der Waals surface area contributed by atoms with Crippen molar-refractivity contribution < 1.29 is 4.79 Å². The first-order valence-corrected chi connectivity index (χ1v) is 6.83. The van der Waals surface area contributed by atoms with Crippen LogP contribution in [-0.4, -0.2) is 38.8 Å². The van der Waals surface area contributed by atoms with Gasteiger partial charge in [0, 0.05) is 18.4 Å². The molecule has 0 N–H and O–H groups in total. The molecule has 2 rings (SSSR count). The number of hydrogen-bond acceptors (Lipinski definition) is 4. The van der Waals surface area contributed by atoms with E-state index < -0.39 is 0 Å². The third kappa shape index (κ3) is 2.55. The second kappa shape index (κ2) is 5.03. The molecule has 1 aromatic rings. The highest BCUT2D eigenvalue weighted by molar-refractivity contribution is 9.09. The Balaban J connectivity index is 1.93. The summed E-state index contributed by atoms with van der Waals surface area (Å²) in [5, 5.41) is 4.72. The standard InChI is InChI=1S/C9H12BrN3OS/c10-5-7-1-3-13(4-2-7)9(14)8-6-11-12-15-8/h6-7H,1-5H2. The minimum Gasteiger partial charge on any atom is -0.338 e. The highest BCUT2D eigenvalue weighted by Crippen LogP contribution is 2.20. The summed E-state index contributed by atoms with van der Waals surface area (Å²) < 4.78 is 3.71. The van der Waals surface area contributed by atoms with Crippen LogP contribution in [0.1, 0.15) is 22.5 Å². The quantitative estimate of drug-likeness (QED) is 0.780. The fraction of sp³-hybridized carbons (Fsp3) is 0.667. The molecule has 0 atom stereocenters. The first kappa shape index (κ1) is 11.0. The van der Waals surface area contributed by atoms with E-state index in [-0.39, 0.29) is 5.91 Å². The number of amides is 1. The molecule has 0 radical (unpaired) electrons. The fourth-order valence-electron chi connectivity index (χ4n) is 1.71. The molecule has 1 fully saturated rings. The first-order chi connectivity index (χ1) is 7.31. The Bertz CT molecular complexity index is 322. The lowest BCUT2D eigenvalue weighted by Crippen LogP contribution is -2.38. The predicted molar refractivity (Wildman–Crippen MR) is 62.3 cm³/mol. The SMILES string of the molecule is O=C(c1cnns1)N1CCC(CBr)CC1. The van der Waals surface area contributed by atoms with Gasteiger partial charge in [-0.25, -0.2) is 0 Å². The molecule has 0 spiro atoms. The fourth-order valence-corrected chi connectivity index (χ4v) is 2.84. The first-order valence-electron chi connectivity index (χ1n) is 4.94. The molecule has 6 heteroatoms. The van der Waals surface area contributed by atoms with Crippen molar-refractivity contribution in [2.45, 2.75) is 12.8 Å². The van der Waals surface area contributed by atoms with Crippen LogP contribution in [0.2, 0.25) is 0 Å². The molecule has 82 valence electrons. The van der Waals surface area contributed by atoms with Crippen LogP contribution < -0.4 is 0 Å². The van der Waals surface area contributed by atoms with Gasteiger partial charge in [0.2, 0.25) is 0 Å². The molecule has 0 aromatic carbocycles. The monoisotopic (exact) mass is 289 g/mol. The molecule has 0 unspecified atom stereocenters. The van der Waals surface area contributed by atoms with Gasteiger partial charge in [-0.15, -0.1) is 5.10 Å². The minimum absolute atomic E-state index is 0.0815. The summed E-state index contributed by atoms with van der Waals surface area (Å²) in [6.45, 7) is 1.71. The zero-order valence-corrected chi connectivity index (χ0v) is 10.6. The van der Waals surface area contributed by atoms with Crippen molar-refractivity contribution in [2.75, 3.05) is 18.4 Å². The number of halogens is 1. The van der Waals surface area contributed by atoms with Crippen LogP contribution >= 0.6 is 27.5 Å². The van der Waals surface area contributed by atoms with Crippen molar-refractivity contribution in [3.05, 3.63) is 11.1 Å². The van der Waals surface area contributed by atoms with E-state index >= 15 is 0 Å². The summed E-state index contributed by atoms with van der Waals surface area (Å²) >= 11 is 4.65. The summed E-state index contributed by atoms with van der Waals surface area (Å²) in [4.78, 5) is 14.4. The zero-order valence-electron chi connectivity index (χ0n) is 8.23. The van der Waals surface area contributed by atoms with E-state index in [4.69, 9.17) is 0 Å². The van der Waals surface area contributed by atoms with E-state index in [1.165, 1.54) is 11.5 Å². The molecule has 0 bridgehead atoms. The number of carbonyl (C=O) groups is 1. The Hall–Kier alpha value is -0.490. The van der Waals surface area contributed by atoms with Crippen LogP contribution in [0.5, 0.6) is 0 Å². The van der Waals surface area contributed by atoms with Crippen molar-refractivity contribution in [1.82, 2.24) is 14.5 Å². The van der Waals surface area contributed by atoms with Crippen LogP contribution in [0.15, 0.2) is 6.20 Å². The zero-order chi connectivity index (χ0) is 10.7. The van der Waals surface area contributed by atoms with Crippen LogP contribution in [0, 0.1) is 5.92 Å². The molecule has 1 amide bonds. The van der Waals surface area contributed by atoms with Gasteiger partial charge in [-0.05, 0) is 30.3 Å². The van der Waals surface area contributed by atoms with Gasteiger partial charge in [0.25, 0.3) is 5.91 Å². The maximum absolute atomic E-state index is 11.9. The maximum Gasteiger partial charge on any atom is 0.267 e. The molecule has 15 heavy (non-hydrogen) atoms. The van der Waals surface area contributed by atoms with E-state index in [2.05, 4.69) is 25.5 Å². The lowest BCUT2D eigenvalue weighted by atomic mass is 9.99. The van der Waals surface area contributed by atoms with Crippen molar-refractivity contribution in [2.24, 2.45) is 5.92 Å². The normalized spacial score (nSPS) is 18.1. The largest absolute Gasteiger partial charge is 0.338 e. The van der Waals surface area contributed by atoms with Crippen LogP contribution in [0.4, 0.5) is 0 Å². The average Bonchev–Trinajstić information content (AvgIpc) is 2.82. The Morgan fingerprint density at radius 1 is 1.60 bits per heavy atom. The highest BCUT2D eigenvalue weighted by atomic mass is 79.9. The average molecular weight is 290 g/mol. The Labute approximate surface area is 101 Å². The van der Waals surface area contributed by atoms with Gasteiger partial charge in [-0.1, -0.05) is 20.4 Å². The van der Waals surface area contributed by atoms with E-state index in [9.17, 15) is 4.79 Å². The molecule has 0 aliphatic carbocycles. The number of rotatable bonds is 2. The topological polar surface area (TPSA) is 46.1 Å². The van der Waals surface area contributed by atoms with Crippen molar-refractivity contribution >= 4 is 33.4 Å². The molecule has 1 aromatic heterocycles. The number of piperidine rings is 1. The summed E-state index contributed by atoms with van der Waals surface area (Å²) in [7, 11) is 0. The molecule has 2 heterocycles. The van der Waals surface area contributed by atoms with Crippen LogP contribution in [0.3, 0.4) is 0 Å². The lowest BCUT2D eigenvalue weighted by molar-refractivity contribution is 0.0703. The molecular formula is C9H12BrN3OS. The van der Waals surface area contributed by atoms with Crippen LogP contribution in [0.25, 0.3) is 0 Å². The Kier molecular flexibility index (Phi) is 3.69. The molecular weight excluding hydrogens is 278 g/mol. The summed E-state index contributed by atoms with van der Waals surface area (Å²) in [5.74, 6) is 0.798. The van der Waals surface area contributed by atoms with Gasteiger partial charge in [0.05, 0.1) is 6.20 Å². The van der Waals surface area contributed by atoms with Gasteiger partial charge >= 0.3 is 0 Å². The Morgan fingerprint density at radius 3 is 2.87 bits per heavy atom. The number of alkyl halides is 1. The predicted octanol–water partition coefficient (Wildman–Crippen LogP) is 1.79. The van der Waals surface area contributed by atoms with Gasteiger partial charge < -0.3 is 4.90 Å². The second-order valence-corrected chi connectivity index (χ2v) is 5.10. The molecule has 1 aliphatic rings. The smallest absolute Gasteiger partial charge is 0.267 e. The highest BCUT2D eigenvalue weighted by Gasteiger charge is 2.23. The number of hydrogen-bond donors (Lipinski definition) is 0. The third-order valence-electron chi connectivity index (χ3n) is 2.69. The summed E-state index contributed by atoms with van der Waals surface area (Å²) in [6.07, 6.45) is 3.72. The third-order valence-corrected chi connectivity index (χ3v) is 4.26. The van der Waals surface area contributed by atoms with Gasteiger partial charge in [0.1, 0.15) is 4.88 Å². The number of aromatic nitrogens is 2. The van der Waals surface area contributed by atoms with E-state index in [1.807, 2.05) is 4.90 Å². The van der Waals surface area contributed by atoms with Crippen molar-refractivity contribution in [3.63, 3.8) is 0 Å². The van der Waals surface area contributed by atoms with Crippen LogP contribution in [-0.2, 0) is 0 Å². The maximum atomic E-state index is 11.9.